The molecule has 4 nitrogen and oxygen atoms in total. The first-order valence-electron chi connectivity index (χ1n) is 8.04. The van der Waals surface area contributed by atoms with Gasteiger partial charge in [-0.3, -0.25) is 4.79 Å². The molecule has 3 rings (SSSR count). The summed E-state index contributed by atoms with van der Waals surface area (Å²) in [6, 6.07) is 13.7. The van der Waals surface area contributed by atoms with Crippen molar-refractivity contribution in [1.29, 1.82) is 0 Å². The second-order valence-corrected chi connectivity index (χ2v) is 7.17. The van der Waals surface area contributed by atoms with Gasteiger partial charge >= 0.3 is 0 Å². The standard InChI is InChI=1S/C19H21BrN2O2.ClH/c1-19(21,15-3-5-16(20)6-4-15)18(23)22-10-8-13-2-7-17-14(12-13)9-11-24-17;/h2-7,12H,8-11,21H2,1H3,(H,22,23);1H. The van der Waals surface area contributed by atoms with Gasteiger partial charge in [-0.15, -0.1) is 12.4 Å². The Bertz CT molecular complexity index is 748. The lowest BCUT2D eigenvalue weighted by molar-refractivity contribution is -0.126. The lowest BCUT2D eigenvalue weighted by Gasteiger charge is -2.24. The van der Waals surface area contributed by atoms with Crippen LogP contribution in [0.2, 0.25) is 0 Å². The molecule has 1 aliphatic heterocycles. The lowest BCUT2D eigenvalue weighted by atomic mass is 9.92. The molecule has 25 heavy (non-hydrogen) atoms. The van der Waals surface area contributed by atoms with Crippen molar-refractivity contribution in [3.8, 4) is 5.75 Å². The zero-order valence-corrected chi connectivity index (χ0v) is 16.5. The van der Waals surface area contributed by atoms with Crippen molar-refractivity contribution in [2.45, 2.75) is 25.3 Å². The summed E-state index contributed by atoms with van der Waals surface area (Å²) in [4.78, 5) is 12.5. The quantitative estimate of drug-likeness (QED) is 0.772. The van der Waals surface area contributed by atoms with Crippen molar-refractivity contribution in [1.82, 2.24) is 5.32 Å². The van der Waals surface area contributed by atoms with Crippen molar-refractivity contribution in [3.63, 3.8) is 0 Å². The number of halogens is 2. The van der Waals surface area contributed by atoms with Gasteiger partial charge in [0, 0.05) is 17.4 Å². The van der Waals surface area contributed by atoms with E-state index in [1.54, 1.807) is 6.92 Å². The molecular formula is C19H22BrClN2O2. The Labute approximate surface area is 162 Å². The minimum absolute atomic E-state index is 0. The predicted molar refractivity (Wildman–Crippen MR) is 105 cm³/mol. The van der Waals surface area contributed by atoms with E-state index in [9.17, 15) is 4.79 Å². The van der Waals surface area contributed by atoms with E-state index in [1.165, 1.54) is 11.1 Å². The van der Waals surface area contributed by atoms with Gasteiger partial charge < -0.3 is 15.8 Å². The number of carbonyl (C=O) groups is 1. The van der Waals surface area contributed by atoms with Gasteiger partial charge in [0.05, 0.1) is 6.61 Å². The van der Waals surface area contributed by atoms with E-state index in [2.05, 4.69) is 27.3 Å². The summed E-state index contributed by atoms with van der Waals surface area (Å²) in [5, 5.41) is 2.95. The Balaban J connectivity index is 0.00000225. The Morgan fingerprint density at radius 3 is 2.72 bits per heavy atom. The number of rotatable bonds is 5. The van der Waals surface area contributed by atoms with Crippen LogP contribution in [0.3, 0.4) is 0 Å². The van der Waals surface area contributed by atoms with Crippen LogP contribution in [0.4, 0.5) is 0 Å². The fourth-order valence-electron chi connectivity index (χ4n) is 2.83. The third-order valence-corrected chi connectivity index (χ3v) is 4.90. The highest BCUT2D eigenvalue weighted by Gasteiger charge is 2.30. The van der Waals surface area contributed by atoms with Gasteiger partial charge in [0.15, 0.2) is 0 Å². The van der Waals surface area contributed by atoms with Gasteiger partial charge in [0.25, 0.3) is 0 Å². The first kappa shape index (κ1) is 19.8. The van der Waals surface area contributed by atoms with Crippen LogP contribution in [-0.4, -0.2) is 19.1 Å². The molecule has 0 bridgehead atoms. The second kappa shape index (κ2) is 8.21. The molecule has 134 valence electrons. The maximum absolute atomic E-state index is 12.5. The minimum Gasteiger partial charge on any atom is -0.493 e. The van der Waals surface area contributed by atoms with Crippen LogP contribution in [0.5, 0.6) is 5.75 Å². The molecule has 1 amide bonds. The van der Waals surface area contributed by atoms with Crippen molar-refractivity contribution in [2.24, 2.45) is 5.73 Å². The summed E-state index contributed by atoms with van der Waals surface area (Å²) in [6.07, 6.45) is 1.73. The molecule has 3 N–H and O–H groups in total. The van der Waals surface area contributed by atoms with Crippen molar-refractivity contribution in [3.05, 3.63) is 63.6 Å². The predicted octanol–water partition coefficient (Wildman–Crippen LogP) is 3.34. The normalized spacial score (nSPS) is 14.7. The smallest absolute Gasteiger partial charge is 0.244 e. The molecule has 2 aromatic rings. The van der Waals surface area contributed by atoms with Gasteiger partial charge in [-0.05, 0) is 48.2 Å². The summed E-state index contributed by atoms with van der Waals surface area (Å²) in [7, 11) is 0. The third kappa shape index (κ3) is 4.54. The average Bonchev–Trinajstić information content (AvgIpc) is 3.03. The second-order valence-electron chi connectivity index (χ2n) is 6.26. The monoisotopic (exact) mass is 424 g/mol. The van der Waals surface area contributed by atoms with E-state index < -0.39 is 5.54 Å². The van der Waals surface area contributed by atoms with Crippen molar-refractivity contribution in [2.75, 3.05) is 13.2 Å². The van der Waals surface area contributed by atoms with Crippen LogP contribution in [-0.2, 0) is 23.2 Å². The number of ether oxygens (including phenoxy) is 1. The van der Waals surface area contributed by atoms with Gasteiger partial charge in [-0.1, -0.05) is 40.2 Å². The van der Waals surface area contributed by atoms with Gasteiger partial charge in [0.2, 0.25) is 5.91 Å². The highest BCUT2D eigenvalue weighted by atomic mass is 79.9. The van der Waals surface area contributed by atoms with Crippen LogP contribution in [0, 0.1) is 0 Å². The summed E-state index contributed by atoms with van der Waals surface area (Å²) in [6.45, 7) is 3.05. The number of fused-ring (bicyclic) bond motifs is 1. The maximum Gasteiger partial charge on any atom is 0.244 e. The molecule has 0 spiro atoms. The molecule has 0 radical (unpaired) electrons. The summed E-state index contributed by atoms with van der Waals surface area (Å²) < 4.78 is 6.47. The number of nitrogens with two attached hydrogens (primary N) is 1. The van der Waals surface area contributed by atoms with Gasteiger partial charge in [0.1, 0.15) is 11.3 Å². The number of benzene rings is 2. The molecule has 0 aliphatic carbocycles. The van der Waals surface area contributed by atoms with Gasteiger partial charge in [-0.2, -0.15) is 0 Å². The number of hydrogen-bond donors (Lipinski definition) is 2. The van der Waals surface area contributed by atoms with Crippen LogP contribution in [0.25, 0.3) is 0 Å². The van der Waals surface area contributed by atoms with E-state index in [-0.39, 0.29) is 18.3 Å². The summed E-state index contributed by atoms with van der Waals surface area (Å²) in [5.41, 5.74) is 8.43. The summed E-state index contributed by atoms with van der Waals surface area (Å²) in [5.74, 6) is 0.807. The van der Waals surface area contributed by atoms with Crippen LogP contribution < -0.4 is 15.8 Å². The molecule has 1 unspecified atom stereocenters. The number of carbonyl (C=O) groups excluding carboxylic acids is 1. The fraction of sp³-hybridized carbons (Fsp3) is 0.316. The number of amides is 1. The van der Waals surface area contributed by atoms with E-state index in [4.69, 9.17) is 10.5 Å². The third-order valence-electron chi connectivity index (χ3n) is 4.37. The van der Waals surface area contributed by atoms with Crippen LogP contribution in [0.15, 0.2) is 46.9 Å². The molecule has 0 saturated heterocycles. The van der Waals surface area contributed by atoms with Crippen LogP contribution >= 0.6 is 28.3 Å². The molecule has 2 aromatic carbocycles. The van der Waals surface area contributed by atoms with E-state index in [1.807, 2.05) is 36.4 Å². The van der Waals surface area contributed by atoms with Crippen molar-refractivity contribution < 1.29 is 9.53 Å². The zero-order chi connectivity index (χ0) is 17.2. The Morgan fingerprint density at radius 2 is 2.00 bits per heavy atom. The molecule has 1 heterocycles. The molecule has 1 aliphatic rings. The Morgan fingerprint density at radius 1 is 1.28 bits per heavy atom. The topological polar surface area (TPSA) is 64.4 Å². The first-order chi connectivity index (χ1) is 11.5. The number of hydrogen-bond acceptors (Lipinski definition) is 3. The van der Waals surface area contributed by atoms with Crippen molar-refractivity contribution >= 4 is 34.2 Å². The highest BCUT2D eigenvalue weighted by Crippen LogP contribution is 2.26. The van der Waals surface area contributed by atoms with E-state index in [0.29, 0.717) is 6.54 Å². The molecule has 0 aromatic heterocycles. The highest BCUT2D eigenvalue weighted by molar-refractivity contribution is 9.10. The molecule has 6 heteroatoms. The molecular weight excluding hydrogens is 404 g/mol. The first-order valence-corrected chi connectivity index (χ1v) is 8.84. The summed E-state index contributed by atoms with van der Waals surface area (Å²) >= 11 is 3.39. The SMILES string of the molecule is CC(N)(C(=O)NCCc1ccc2c(c1)CCO2)c1ccc(Br)cc1.Cl. The van der Waals surface area contributed by atoms with Crippen LogP contribution in [0.1, 0.15) is 23.6 Å². The number of nitrogens with one attached hydrogen (secondary N) is 1. The minimum atomic E-state index is -1.05. The lowest BCUT2D eigenvalue weighted by Crippen LogP contribution is -2.49. The largest absolute Gasteiger partial charge is 0.493 e. The van der Waals surface area contributed by atoms with Gasteiger partial charge in [-0.25, -0.2) is 0 Å². The zero-order valence-electron chi connectivity index (χ0n) is 14.0. The molecule has 0 saturated carbocycles. The van der Waals surface area contributed by atoms with E-state index in [0.717, 1.165) is 35.2 Å². The Kier molecular flexibility index (Phi) is 6.49. The van der Waals surface area contributed by atoms with E-state index >= 15 is 0 Å². The molecule has 1 atom stereocenters. The molecule has 0 fully saturated rings. The average molecular weight is 426 g/mol. The Hall–Kier alpha value is -1.56. The maximum atomic E-state index is 12.5. The fourth-order valence-corrected chi connectivity index (χ4v) is 3.09.